The van der Waals surface area contributed by atoms with Gasteiger partial charge in [0.05, 0.1) is 6.10 Å². The predicted octanol–water partition coefficient (Wildman–Crippen LogP) is 3.88. The van der Waals surface area contributed by atoms with Crippen LogP contribution in [0.3, 0.4) is 0 Å². The lowest BCUT2D eigenvalue weighted by atomic mass is 10.1. The Morgan fingerprint density at radius 1 is 1.16 bits per heavy atom. The van der Waals surface area contributed by atoms with Gasteiger partial charge in [-0.1, -0.05) is 18.2 Å². The number of nitrogens with one attached hydrogen (secondary N) is 2. The molecule has 0 unspecified atom stereocenters. The molecule has 4 rings (SSSR count). The Morgan fingerprint density at radius 2 is 2.00 bits per heavy atom. The molecule has 166 valence electrons. The van der Waals surface area contributed by atoms with Crippen LogP contribution in [0.2, 0.25) is 0 Å². The van der Waals surface area contributed by atoms with Crippen LogP contribution in [0.15, 0.2) is 47.6 Å². The van der Waals surface area contributed by atoms with Crippen molar-refractivity contribution in [3.63, 3.8) is 0 Å². The van der Waals surface area contributed by atoms with Crippen molar-refractivity contribution in [3.8, 4) is 5.75 Å². The van der Waals surface area contributed by atoms with E-state index in [4.69, 9.17) is 4.74 Å². The third-order valence-corrected chi connectivity index (χ3v) is 5.51. The molecule has 0 saturated heterocycles. The minimum atomic E-state index is 0. The molecule has 31 heavy (non-hydrogen) atoms. The summed E-state index contributed by atoms with van der Waals surface area (Å²) >= 11 is 0. The van der Waals surface area contributed by atoms with Crippen molar-refractivity contribution in [1.29, 1.82) is 0 Å². The SMILES string of the molecule is CN=C(NCCc1nnc2ccccn12)NCc1ccc(C)cc1OC1CCCC1.I. The van der Waals surface area contributed by atoms with Crippen molar-refractivity contribution in [2.45, 2.75) is 51.7 Å². The van der Waals surface area contributed by atoms with Crippen LogP contribution in [0.25, 0.3) is 5.65 Å². The van der Waals surface area contributed by atoms with Crippen molar-refractivity contribution < 1.29 is 4.74 Å². The summed E-state index contributed by atoms with van der Waals surface area (Å²) in [7, 11) is 1.78. The van der Waals surface area contributed by atoms with Gasteiger partial charge in [-0.3, -0.25) is 9.39 Å². The molecule has 1 aliphatic rings. The lowest BCUT2D eigenvalue weighted by molar-refractivity contribution is 0.207. The number of nitrogens with zero attached hydrogens (tertiary/aromatic N) is 4. The molecule has 8 heteroatoms. The van der Waals surface area contributed by atoms with Gasteiger partial charge in [0.1, 0.15) is 11.6 Å². The summed E-state index contributed by atoms with van der Waals surface area (Å²) in [5, 5.41) is 15.2. The van der Waals surface area contributed by atoms with Crippen molar-refractivity contribution in [1.82, 2.24) is 25.2 Å². The molecule has 2 aromatic heterocycles. The van der Waals surface area contributed by atoms with Crippen LogP contribution < -0.4 is 15.4 Å². The molecular formula is C23H31IN6O. The second kappa shape index (κ2) is 11.3. The summed E-state index contributed by atoms with van der Waals surface area (Å²) in [5.41, 5.74) is 3.23. The smallest absolute Gasteiger partial charge is 0.191 e. The third kappa shape index (κ3) is 6.09. The zero-order chi connectivity index (χ0) is 20.8. The second-order valence-corrected chi connectivity index (χ2v) is 7.78. The van der Waals surface area contributed by atoms with Gasteiger partial charge in [0.25, 0.3) is 0 Å². The number of ether oxygens (including phenoxy) is 1. The van der Waals surface area contributed by atoms with Crippen LogP contribution >= 0.6 is 24.0 Å². The maximum atomic E-state index is 6.31. The normalized spacial score (nSPS) is 14.5. The highest BCUT2D eigenvalue weighted by Gasteiger charge is 2.18. The van der Waals surface area contributed by atoms with Crippen molar-refractivity contribution in [2.75, 3.05) is 13.6 Å². The van der Waals surface area contributed by atoms with Crippen LogP contribution in [0, 0.1) is 6.92 Å². The lowest BCUT2D eigenvalue weighted by Gasteiger charge is -2.18. The molecule has 2 N–H and O–H groups in total. The van der Waals surface area contributed by atoms with E-state index in [1.54, 1.807) is 7.05 Å². The molecule has 3 aromatic rings. The number of aliphatic imine (C=N–C) groups is 1. The van der Waals surface area contributed by atoms with Crippen LogP contribution in [0.1, 0.15) is 42.6 Å². The fourth-order valence-corrected chi connectivity index (χ4v) is 3.86. The van der Waals surface area contributed by atoms with Crippen LogP contribution in [0.4, 0.5) is 0 Å². The molecule has 0 amide bonds. The molecule has 7 nitrogen and oxygen atoms in total. The predicted molar refractivity (Wildman–Crippen MR) is 134 cm³/mol. The number of pyridine rings is 1. The Hall–Kier alpha value is -2.36. The zero-order valence-electron chi connectivity index (χ0n) is 18.2. The minimum Gasteiger partial charge on any atom is -0.490 e. The minimum absolute atomic E-state index is 0. The Morgan fingerprint density at radius 3 is 2.81 bits per heavy atom. The number of aryl methyl sites for hydroxylation is 1. The van der Waals surface area contributed by atoms with E-state index in [2.05, 4.69) is 50.9 Å². The molecule has 1 aromatic carbocycles. The van der Waals surface area contributed by atoms with E-state index in [1.807, 2.05) is 28.8 Å². The molecule has 1 saturated carbocycles. The first-order chi connectivity index (χ1) is 14.7. The fourth-order valence-electron chi connectivity index (χ4n) is 3.86. The molecule has 0 atom stereocenters. The van der Waals surface area contributed by atoms with E-state index in [9.17, 15) is 0 Å². The van der Waals surface area contributed by atoms with Crippen LogP contribution in [-0.2, 0) is 13.0 Å². The fraction of sp³-hybridized carbons (Fsp3) is 0.435. The number of rotatable bonds is 7. The van der Waals surface area contributed by atoms with E-state index < -0.39 is 0 Å². The monoisotopic (exact) mass is 534 g/mol. The first-order valence-electron chi connectivity index (χ1n) is 10.7. The number of benzene rings is 1. The highest BCUT2D eigenvalue weighted by Crippen LogP contribution is 2.27. The summed E-state index contributed by atoms with van der Waals surface area (Å²) in [6.07, 6.45) is 7.93. The van der Waals surface area contributed by atoms with Gasteiger partial charge in [-0.05, 0) is 56.4 Å². The summed E-state index contributed by atoms with van der Waals surface area (Å²) < 4.78 is 8.32. The quantitative estimate of drug-likeness (QED) is 0.274. The molecule has 1 aliphatic carbocycles. The van der Waals surface area contributed by atoms with E-state index in [-0.39, 0.29) is 24.0 Å². The number of aromatic nitrogens is 3. The second-order valence-electron chi connectivity index (χ2n) is 7.78. The first kappa shape index (κ1) is 23.3. The maximum Gasteiger partial charge on any atom is 0.191 e. The number of fused-ring (bicyclic) bond motifs is 1. The Balaban J connectivity index is 0.00000272. The summed E-state index contributed by atoms with van der Waals surface area (Å²) in [5.74, 6) is 2.68. The van der Waals surface area contributed by atoms with Crippen molar-refractivity contribution in [3.05, 3.63) is 59.5 Å². The molecule has 0 aliphatic heterocycles. The van der Waals surface area contributed by atoms with Gasteiger partial charge in [0.15, 0.2) is 11.6 Å². The molecular weight excluding hydrogens is 503 g/mol. The molecule has 0 radical (unpaired) electrons. The standard InChI is InChI=1S/C23H30N6O.HI/c1-17-10-11-18(20(15-17)30-19-7-3-4-8-19)16-26-23(24-2)25-13-12-22-28-27-21-9-5-6-14-29(21)22;/h5-6,9-11,14-15,19H,3-4,7-8,12-13,16H2,1-2H3,(H2,24,25,26);1H. The maximum absolute atomic E-state index is 6.31. The van der Waals surface area contributed by atoms with Gasteiger partial charge in [-0.15, -0.1) is 34.2 Å². The molecule has 0 spiro atoms. The summed E-state index contributed by atoms with van der Waals surface area (Å²) in [6.45, 7) is 3.48. The largest absolute Gasteiger partial charge is 0.490 e. The topological polar surface area (TPSA) is 75.8 Å². The van der Waals surface area contributed by atoms with Gasteiger partial charge in [0.2, 0.25) is 0 Å². The summed E-state index contributed by atoms with van der Waals surface area (Å²) in [4.78, 5) is 4.35. The first-order valence-corrected chi connectivity index (χ1v) is 10.7. The number of guanidine groups is 1. The number of halogens is 1. The van der Waals surface area contributed by atoms with Gasteiger partial charge in [-0.2, -0.15) is 0 Å². The summed E-state index contributed by atoms with van der Waals surface area (Å²) in [6, 6.07) is 12.3. The third-order valence-electron chi connectivity index (χ3n) is 5.51. The highest BCUT2D eigenvalue weighted by atomic mass is 127. The average molecular weight is 534 g/mol. The number of hydrogen-bond donors (Lipinski definition) is 2. The van der Waals surface area contributed by atoms with Crippen molar-refractivity contribution >= 4 is 35.6 Å². The molecule has 0 bridgehead atoms. The zero-order valence-corrected chi connectivity index (χ0v) is 20.5. The Bertz CT molecular complexity index is 1010. The van der Waals surface area contributed by atoms with Gasteiger partial charge >= 0.3 is 0 Å². The van der Waals surface area contributed by atoms with E-state index >= 15 is 0 Å². The molecule has 2 heterocycles. The van der Waals surface area contributed by atoms with Crippen molar-refractivity contribution in [2.24, 2.45) is 4.99 Å². The highest BCUT2D eigenvalue weighted by molar-refractivity contribution is 14.0. The average Bonchev–Trinajstić information content (AvgIpc) is 3.42. The lowest BCUT2D eigenvalue weighted by Crippen LogP contribution is -2.38. The van der Waals surface area contributed by atoms with E-state index in [1.165, 1.54) is 18.4 Å². The number of hydrogen-bond acceptors (Lipinski definition) is 4. The van der Waals surface area contributed by atoms with Crippen LogP contribution in [-0.4, -0.2) is 40.3 Å². The molecule has 1 fully saturated rings. The van der Waals surface area contributed by atoms with E-state index in [0.29, 0.717) is 19.2 Å². The van der Waals surface area contributed by atoms with Gasteiger partial charge in [-0.25, -0.2) is 0 Å². The van der Waals surface area contributed by atoms with Gasteiger partial charge in [0, 0.05) is 38.3 Å². The Kier molecular flexibility index (Phi) is 8.51. The van der Waals surface area contributed by atoms with Crippen LogP contribution in [0.5, 0.6) is 5.75 Å². The van der Waals surface area contributed by atoms with E-state index in [0.717, 1.165) is 48.0 Å². The Labute approximate surface area is 200 Å². The van der Waals surface area contributed by atoms with Gasteiger partial charge < -0.3 is 15.4 Å².